The van der Waals surface area contributed by atoms with Crippen LogP contribution in [-0.4, -0.2) is 23.7 Å². The molecule has 2 rings (SSSR count). The molecule has 0 fully saturated rings. The summed E-state index contributed by atoms with van der Waals surface area (Å²) >= 11 is 0. The smallest absolute Gasteiger partial charge is 0.224 e. The van der Waals surface area contributed by atoms with Crippen LogP contribution in [0.4, 0.5) is 0 Å². The number of hydrogen-bond acceptors (Lipinski definition) is 3. The van der Waals surface area contributed by atoms with E-state index >= 15 is 0 Å². The summed E-state index contributed by atoms with van der Waals surface area (Å²) in [6.45, 7) is 4.17. The van der Waals surface area contributed by atoms with Crippen molar-refractivity contribution >= 4 is 16.9 Å². The predicted octanol–water partition coefficient (Wildman–Crippen LogP) is 2.17. The van der Waals surface area contributed by atoms with Crippen molar-refractivity contribution in [1.82, 2.24) is 5.32 Å². The number of aryl methyl sites for hydroxylation is 1. The van der Waals surface area contributed by atoms with Crippen LogP contribution in [0.5, 0.6) is 0 Å². The Morgan fingerprint density at radius 3 is 3.00 bits per heavy atom. The lowest BCUT2D eigenvalue weighted by Gasteiger charge is -2.08. The van der Waals surface area contributed by atoms with E-state index in [-0.39, 0.29) is 12.3 Å². The summed E-state index contributed by atoms with van der Waals surface area (Å²) in [6, 6.07) is 5.93. The SMILES string of the molecule is CCC(O)CNC(=O)Cc1coc2cc(C)ccc12. The molecule has 0 saturated heterocycles. The number of fused-ring (bicyclic) bond motifs is 1. The highest BCUT2D eigenvalue weighted by Crippen LogP contribution is 2.22. The van der Waals surface area contributed by atoms with E-state index < -0.39 is 6.10 Å². The fourth-order valence-electron chi connectivity index (χ4n) is 1.94. The Hall–Kier alpha value is -1.81. The van der Waals surface area contributed by atoms with Crippen LogP contribution in [0.25, 0.3) is 11.0 Å². The van der Waals surface area contributed by atoms with Crippen molar-refractivity contribution in [3.63, 3.8) is 0 Å². The van der Waals surface area contributed by atoms with Gasteiger partial charge in [-0.25, -0.2) is 0 Å². The Bertz CT molecular complexity index is 574. The van der Waals surface area contributed by atoms with Gasteiger partial charge in [0.2, 0.25) is 5.91 Å². The fraction of sp³-hybridized carbons (Fsp3) is 0.400. The third-order valence-electron chi connectivity index (χ3n) is 3.17. The van der Waals surface area contributed by atoms with Gasteiger partial charge in [0, 0.05) is 17.5 Å². The van der Waals surface area contributed by atoms with Gasteiger partial charge in [-0.05, 0) is 25.0 Å². The van der Waals surface area contributed by atoms with Crippen LogP contribution in [-0.2, 0) is 11.2 Å². The number of hydrogen-bond donors (Lipinski definition) is 2. The Morgan fingerprint density at radius 2 is 2.26 bits per heavy atom. The standard InChI is InChI=1S/C15H19NO3/c1-3-12(17)8-16-15(18)7-11-9-19-14-6-10(2)4-5-13(11)14/h4-6,9,12,17H,3,7-8H2,1-2H3,(H,16,18). The Balaban J connectivity index is 2.03. The lowest BCUT2D eigenvalue weighted by Crippen LogP contribution is -2.32. The second-order valence-corrected chi connectivity index (χ2v) is 4.80. The van der Waals surface area contributed by atoms with E-state index in [1.54, 1.807) is 6.26 Å². The number of aliphatic hydroxyl groups excluding tert-OH is 1. The normalized spacial score (nSPS) is 12.6. The van der Waals surface area contributed by atoms with Crippen LogP contribution >= 0.6 is 0 Å². The number of benzene rings is 1. The van der Waals surface area contributed by atoms with Crippen molar-refractivity contribution in [3.8, 4) is 0 Å². The summed E-state index contributed by atoms with van der Waals surface area (Å²) < 4.78 is 5.45. The van der Waals surface area contributed by atoms with Crippen LogP contribution in [0.3, 0.4) is 0 Å². The minimum absolute atomic E-state index is 0.101. The molecular formula is C15H19NO3. The van der Waals surface area contributed by atoms with Crippen molar-refractivity contribution < 1.29 is 14.3 Å². The quantitative estimate of drug-likeness (QED) is 0.867. The van der Waals surface area contributed by atoms with E-state index in [1.807, 2.05) is 32.0 Å². The highest BCUT2D eigenvalue weighted by molar-refractivity contribution is 5.87. The fourth-order valence-corrected chi connectivity index (χ4v) is 1.94. The molecule has 1 atom stereocenters. The van der Waals surface area contributed by atoms with Gasteiger partial charge in [0.25, 0.3) is 0 Å². The Morgan fingerprint density at radius 1 is 1.47 bits per heavy atom. The van der Waals surface area contributed by atoms with E-state index in [4.69, 9.17) is 4.42 Å². The van der Waals surface area contributed by atoms with Crippen LogP contribution in [0, 0.1) is 6.92 Å². The van der Waals surface area contributed by atoms with Crippen LogP contribution in [0.1, 0.15) is 24.5 Å². The number of carbonyl (C=O) groups is 1. The first-order valence-electron chi connectivity index (χ1n) is 6.51. The summed E-state index contributed by atoms with van der Waals surface area (Å²) in [5.74, 6) is -0.101. The molecule has 4 heteroatoms. The van der Waals surface area contributed by atoms with Gasteiger partial charge in [-0.3, -0.25) is 4.79 Å². The molecule has 2 N–H and O–H groups in total. The van der Waals surface area contributed by atoms with Crippen LogP contribution in [0.2, 0.25) is 0 Å². The van der Waals surface area contributed by atoms with Gasteiger partial charge < -0.3 is 14.8 Å². The van der Waals surface area contributed by atoms with E-state index in [0.717, 1.165) is 22.1 Å². The molecule has 0 aliphatic carbocycles. The van der Waals surface area contributed by atoms with Crippen LogP contribution in [0.15, 0.2) is 28.9 Å². The molecule has 0 radical (unpaired) electrons. The molecule has 0 spiro atoms. The van der Waals surface area contributed by atoms with E-state index in [0.29, 0.717) is 13.0 Å². The van der Waals surface area contributed by atoms with Gasteiger partial charge in [-0.15, -0.1) is 0 Å². The van der Waals surface area contributed by atoms with Gasteiger partial charge in [-0.1, -0.05) is 19.1 Å². The second kappa shape index (κ2) is 5.89. The van der Waals surface area contributed by atoms with Crippen molar-refractivity contribution in [3.05, 3.63) is 35.6 Å². The van der Waals surface area contributed by atoms with Crippen molar-refractivity contribution in [1.29, 1.82) is 0 Å². The molecule has 4 nitrogen and oxygen atoms in total. The first-order valence-corrected chi connectivity index (χ1v) is 6.51. The zero-order valence-electron chi connectivity index (χ0n) is 11.3. The molecular weight excluding hydrogens is 242 g/mol. The maximum Gasteiger partial charge on any atom is 0.224 e. The maximum absolute atomic E-state index is 11.8. The van der Waals surface area contributed by atoms with Crippen molar-refractivity contribution in [2.75, 3.05) is 6.54 Å². The first kappa shape index (κ1) is 13.6. The molecule has 0 saturated carbocycles. The maximum atomic E-state index is 11.8. The molecule has 19 heavy (non-hydrogen) atoms. The molecule has 1 amide bonds. The highest BCUT2D eigenvalue weighted by atomic mass is 16.3. The summed E-state index contributed by atoms with van der Waals surface area (Å²) in [4.78, 5) is 11.8. The van der Waals surface area contributed by atoms with Gasteiger partial charge in [0.1, 0.15) is 5.58 Å². The number of rotatable bonds is 5. The van der Waals surface area contributed by atoms with Gasteiger partial charge >= 0.3 is 0 Å². The largest absolute Gasteiger partial charge is 0.464 e. The molecule has 2 aromatic rings. The lowest BCUT2D eigenvalue weighted by molar-refractivity contribution is -0.120. The number of aliphatic hydroxyl groups is 1. The predicted molar refractivity (Wildman–Crippen MR) is 74.0 cm³/mol. The molecule has 1 aromatic heterocycles. The first-order chi connectivity index (χ1) is 9.10. The Kier molecular flexibility index (Phi) is 4.22. The minimum atomic E-state index is -0.479. The molecule has 0 aliphatic heterocycles. The zero-order valence-corrected chi connectivity index (χ0v) is 11.3. The lowest BCUT2D eigenvalue weighted by atomic mass is 10.1. The van der Waals surface area contributed by atoms with Gasteiger partial charge in [0.15, 0.2) is 0 Å². The monoisotopic (exact) mass is 261 g/mol. The molecule has 102 valence electrons. The average molecular weight is 261 g/mol. The molecule has 1 unspecified atom stereocenters. The van der Waals surface area contributed by atoms with E-state index in [1.165, 1.54) is 0 Å². The minimum Gasteiger partial charge on any atom is -0.464 e. The summed E-state index contributed by atoms with van der Waals surface area (Å²) in [7, 11) is 0. The molecule has 0 aliphatic rings. The zero-order chi connectivity index (χ0) is 13.8. The third-order valence-corrected chi connectivity index (χ3v) is 3.17. The highest BCUT2D eigenvalue weighted by Gasteiger charge is 2.11. The van der Waals surface area contributed by atoms with Crippen LogP contribution < -0.4 is 5.32 Å². The average Bonchev–Trinajstić information content (AvgIpc) is 2.78. The van der Waals surface area contributed by atoms with Gasteiger partial charge in [-0.2, -0.15) is 0 Å². The Labute approximate surface area is 112 Å². The summed E-state index contributed by atoms with van der Waals surface area (Å²) in [5.41, 5.74) is 2.80. The molecule has 0 bridgehead atoms. The summed E-state index contributed by atoms with van der Waals surface area (Å²) in [6.07, 6.45) is 2.05. The van der Waals surface area contributed by atoms with Crippen molar-refractivity contribution in [2.45, 2.75) is 32.8 Å². The van der Waals surface area contributed by atoms with Gasteiger partial charge in [0.05, 0.1) is 18.8 Å². The summed E-state index contributed by atoms with van der Waals surface area (Å²) in [5, 5.41) is 13.1. The number of nitrogens with one attached hydrogen (secondary N) is 1. The topological polar surface area (TPSA) is 62.5 Å². The second-order valence-electron chi connectivity index (χ2n) is 4.80. The molecule has 1 heterocycles. The van der Waals surface area contributed by atoms with E-state index in [2.05, 4.69) is 5.32 Å². The third kappa shape index (κ3) is 3.35. The molecule has 1 aromatic carbocycles. The number of carbonyl (C=O) groups excluding carboxylic acids is 1. The number of amides is 1. The van der Waals surface area contributed by atoms with Crippen molar-refractivity contribution in [2.24, 2.45) is 0 Å². The number of furan rings is 1. The van der Waals surface area contributed by atoms with E-state index in [9.17, 15) is 9.90 Å².